The van der Waals surface area contributed by atoms with Gasteiger partial charge in [0.05, 0.1) is 23.9 Å². The summed E-state index contributed by atoms with van der Waals surface area (Å²) in [6.07, 6.45) is 7.87. The Morgan fingerprint density at radius 2 is 2.08 bits per heavy atom. The van der Waals surface area contributed by atoms with Crippen LogP contribution >= 0.6 is 12.4 Å². The van der Waals surface area contributed by atoms with E-state index in [0.717, 1.165) is 19.8 Å². The highest BCUT2D eigenvalue weighted by Gasteiger charge is 2.46. The van der Waals surface area contributed by atoms with Crippen molar-refractivity contribution in [3.05, 3.63) is 18.0 Å². The van der Waals surface area contributed by atoms with Crippen LogP contribution in [0.3, 0.4) is 0 Å². The molecule has 0 aromatic carbocycles. The Balaban J connectivity index is 0.00000208. The minimum atomic E-state index is 0. The van der Waals surface area contributed by atoms with Crippen LogP contribution in [0.25, 0.3) is 0 Å². The van der Waals surface area contributed by atoms with Crippen LogP contribution in [0.1, 0.15) is 57.7 Å². The molecular weight excluding hydrogens is 324 g/mol. The summed E-state index contributed by atoms with van der Waals surface area (Å²) in [6.45, 7) is 7.40. The Morgan fingerprint density at radius 1 is 1.38 bits per heavy atom. The minimum absolute atomic E-state index is 0. The first kappa shape index (κ1) is 19.7. The normalized spacial score (nSPS) is 29.1. The lowest BCUT2D eigenvalue weighted by Crippen LogP contribution is -2.36. The smallest absolute Gasteiger partial charge is 0.0690 e. The number of aromatic nitrogens is 2. The molecule has 1 aliphatic heterocycles. The second kappa shape index (κ2) is 7.73. The lowest BCUT2D eigenvalue weighted by Gasteiger charge is -2.37. The van der Waals surface area contributed by atoms with Gasteiger partial charge in [-0.25, -0.2) is 0 Å². The Bertz CT molecular complexity index is 523. The zero-order valence-corrected chi connectivity index (χ0v) is 16.4. The Labute approximate surface area is 152 Å². The molecule has 0 radical (unpaired) electrons. The molecule has 1 aliphatic carbocycles. The van der Waals surface area contributed by atoms with E-state index in [-0.39, 0.29) is 18.0 Å². The molecule has 0 amide bonds. The fourth-order valence-corrected chi connectivity index (χ4v) is 4.42. The van der Waals surface area contributed by atoms with Gasteiger partial charge < -0.3 is 10.1 Å². The summed E-state index contributed by atoms with van der Waals surface area (Å²) in [4.78, 5) is 2.28. The number of hydrogen-bond donors (Lipinski definition) is 1. The van der Waals surface area contributed by atoms with Crippen LogP contribution in [0, 0.1) is 5.41 Å². The molecule has 1 spiro atoms. The standard InChI is InChI=1S/C18H32N4O.ClH/c1-17(2)12-18(23-13-17)8-5-15(6-9-18)22-16(7-10-20-22)11-21(4)14-19-3;/h7,10,15,19H,5-6,8-9,11-14H2,1-4H3;1H. The highest BCUT2D eigenvalue weighted by Crippen LogP contribution is 2.48. The predicted octanol–water partition coefficient (Wildman–Crippen LogP) is 3.21. The molecule has 1 aromatic rings. The fraction of sp³-hybridized carbons (Fsp3) is 0.833. The highest BCUT2D eigenvalue weighted by atomic mass is 35.5. The number of hydrogen-bond acceptors (Lipinski definition) is 4. The van der Waals surface area contributed by atoms with Crippen molar-refractivity contribution in [2.24, 2.45) is 5.41 Å². The van der Waals surface area contributed by atoms with Gasteiger partial charge >= 0.3 is 0 Å². The molecule has 1 aromatic heterocycles. The molecule has 24 heavy (non-hydrogen) atoms. The van der Waals surface area contributed by atoms with Crippen LogP contribution in [0.5, 0.6) is 0 Å². The lowest BCUT2D eigenvalue weighted by atomic mass is 9.75. The molecule has 1 N–H and O–H groups in total. The van der Waals surface area contributed by atoms with Crippen molar-refractivity contribution in [3.8, 4) is 0 Å². The molecule has 5 nitrogen and oxygen atoms in total. The molecule has 2 fully saturated rings. The second-order valence-corrected chi connectivity index (χ2v) is 8.34. The minimum Gasteiger partial charge on any atom is -0.374 e. The summed E-state index contributed by atoms with van der Waals surface area (Å²) in [5.41, 5.74) is 1.81. The Hall–Kier alpha value is -0.620. The highest BCUT2D eigenvalue weighted by molar-refractivity contribution is 5.85. The van der Waals surface area contributed by atoms with Gasteiger partial charge in [0.2, 0.25) is 0 Å². The molecule has 1 saturated carbocycles. The summed E-state index contributed by atoms with van der Waals surface area (Å²) in [5.74, 6) is 0. The summed E-state index contributed by atoms with van der Waals surface area (Å²) >= 11 is 0. The molecule has 3 rings (SSSR count). The van der Waals surface area contributed by atoms with E-state index in [1.54, 1.807) is 0 Å². The Kier molecular flexibility index (Phi) is 6.35. The van der Waals surface area contributed by atoms with Crippen molar-refractivity contribution in [1.29, 1.82) is 0 Å². The summed E-state index contributed by atoms with van der Waals surface area (Å²) in [7, 11) is 4.12. The third-order valence-electron chi connectivity index (χ3n) is 5.39. The van der Waals surface area contributed by atoms with Crippen LogP contribution in [0.15, 0.2) is 12.3 Å². The fourth-order valence-electron chi connectivity index (χ4n) is 4.42. The average molecular weight is 357 g/mol. The van der Waals surface area contributed by atoms with Gasteiger partial charge in [-0.3, -0.25) is 9.58 Å². The van der Waals surface area contributed by atoms with E-state index >= 15 is 0 Å². The summed E-state index contributed by atoms with van der Waals surface area (Å²) < 4.78 is 8.51. The van der Waals surface area contributed by atoms with Gasteiger partial charge in [0, 0.05) is 19.4 Å². The first-order valence-electron chi connectivity index (χ1n) is 8.93. The zero-order chi connectivity index (χ0) is 16.5. The predicted molar refractivity (Wildman–Crippen MR) is 99.5 cm³/mol. The van der Waals surface area contributed by atoms with E-state index in [1.165, 1.54) is 37.8 Å². The number of halogens is 1. The maximum atomic E-state index is 6.24. The van der Waals surface area contributed by atoms with Gasteiger partial charge in [0.1, 0.15) is 0 Å². The van der Waals surface area contributed by atoms with Crippen LogP contribution in [-0.2, 0) is 11.3 Å². The van der Waals surface area contributed by atoms with Gasteiger partial charge in [-0.1, -0.05) is 13.8 Å². The quantitative estimate of drug-likeness (QED) is 0.822. The van der Waals surface area contributed by atoms with Gasteiger partial charge in [-0.15, -0.1) is 12.4 Å². The largest absolute Gasteiger partial charge is 0.374 e. The van der Waals surface area contributed by atoms with E-state index in [4.69, 9.17) is 4.74 Å². The first-order valence-corrected chi connectivity index (χ1v) is 8.93. The van der Waals surface area contributed by atoms with E-state index in [0.29, 0.717) is 11.5 Å². The van der Waals surface area contributed by atoms with Crippen LogP contribution in [-0.4, -0.2) is 47.7 Å². The first-order chi connectivity index (χ1) is 10.9. The number of nitrogens with one attached hydrogen (secondary N) is 1. The van der Waals surface area contributed by atoms with E-state index in [1.807, 2.05) is 13.2 Å². The van der Waals surface area contributed by atoms with E-state index in [2.05, 4.69) is 47.0 Å². The average Bonchev–Trinajstić information content (AvgIpc) is 3.05. The van der Waals surface area contributed by atoms with Crippen molar-refractivity contribution < 1.29 is 4.74 Å². The third kappa shape index (κ3) is 4.31. The van der Waals surface area contributed by atoms with Crippen LogP contribution in [0.4, 0.5) is 0 Å². The number of rotatable bonds is 5. The zero-order valence-electron chi connectivity index (χ0n) is 15.5. The van der Waals surface area contributed by atoms with Gasteiger partial charge in [-0.05, 0) is 57.7 Å². The summed E-state index contributed by atoms with van der Waals surface area (Å²) in [6, 6.07) is 2.69. The van der Waals surface area contributed by atoms with E-state index < -0.39 is 0 Å². The molecule has 2 aliphatic rings. The number of ether oxygens (including phenoxy) is 1. The molecule has 138 valence electrons. The van der Waals surface area contributed by atoms with Gasteiger partial charge in [0.15, 0.2) is 0 Å². The topological polar surface area (TPSA) is 42.3 Å². The summed E-state index contributed by atoms with van der Waals surface area (Å²) in [5, 5.41) is 7.82. The molecular formula is C18H33ClN4O. The SMILES string of the molecule is CNCN(C)Cc1ccnn1C1CCC2(CC1)CC(C)(C)CO2.Cl. The monoisotopic (exact) mass is 356 g/mol. The molecule has 1 saturated heterocycles. The maximum Gasteiger partial charge on any atom is 0.0690 e. The van der Waals surface area contributed by atoms with Crippen LogP contribution in [0.2, 0.25) is 0 Å². The van der Waals surface area contributed by atoms with Gasteiger partial charge in [-0.2, -0.15) is 5.10 Å². The van der Waals surface area contributed by atoms with Gasteiger partial charge in [0.25, 0.3) is 0 Å². The second-order valence-electron chi connectivity index (χ2n) is 8.34. The van der Waals surface area contributed by atoms with Crippen LogP contribution < -0.4 is 5.32 Å². The number of nitrogens with zero attached hydrogens (tertiary/aromatic N) is 3. The van der Waals surface area contributed by atoms with Crippen molar-refractivity contribution >= 4 is 12.4 Å². The molecule has 0 unspecified atom stereocenters. The molecule has 2 heterocycles. The molecule has 6 heteroatoms. The van der Waals surface area contributed by atoms with E-state index in [9.17, 15) is 0 Å². The van der Waals surface area contributed by atoms with Crippen molar-refractivity contribution in [3.63, 3.8) is 0 Å². The van der Waals surface area contributed by atoms with Crippen molar-refractivity contribution in [1.82, 2.24) is 20.0 Å². The maximum absolute atomic E-state index is 6.24. The Morgan fingerprint density at radius 3 is 2.67 bits per heavy atom. The van der Waals surface area contributed by atoms with Crippen molar-refractivity contribution in [2.75, 3.05) is 27.4 Å². The third-order valence-corrected chi connectivity index (χ3v) is 5.39. The van der Waals surface area contributed by atoms with Crippen molar-refractivity contribution in [2.45, 2.75) is 64.1 Å². The lowest BCUT2D eigenvalue weighted by molar-refractivity contribution is -0.0354. The molecule has 0 bridgehead atoms. The molecule has 0 atom stereocenters.